The monoisotopic (exact) mass is 397 g/mol. The van der Waals surface area contributed by atoms with Gasteiger partial charge in [-0.1, -0.05) is 35.9 Å². The van der Waals surface area contributed by atoms with Crippen molar-refractivity contribution < 1.29 is 29.3 Å². The lowest BCUT2D eigenvalue weighted by molar-refractivity contribution is -0.140. The van der Waals surface area contributed by atoms with Crippen LogP contribution in [0.25, 0.3) is 5.76 Å². The number of amides is 1. The Kier molecular flexibility index (Phi) is 5.89. The van der Waals surface area contributed by atoms with Crippen LogP contribution in [0.3, 0.4) is 0 Å². The van der Waals surface area contributed by atoms with E-state index in [9.17, 15) is 19.8 Å². The number of ketones is 1. The molecule has 0 radical (unpaired) electrons. The van der Waals surface area contributed by atoms with Gasteiger partial charge in [-0.05, 0) is 24.6 Å². The SMILES string of the molecule is COc1ccc(C2/C(=C(\O)c3ccc(C)cc3)C(=O)C(=O)N2CCO)cc1OC. The third-order valence-corrected chi connectivity index (χ3v) is 4.93. The van der Waals surface area contributed by atoms with E-state index in [1.807, 2.05) is 19.1 Å². The summed E-state index contributed by atoms with van der Waals surface area (Å²) in [5.41, 5.74) is 1.96. The van der Waals surface area contributed by atoms with Crippen molar-refractivity contribution in [1.29, 1.82) is 0 Å². The van der Waals surface area contributed by atoms with Crippen LogP contribution in [-0.4, -0.2) is 54.2 Å². The lowest BCUT2D eigenvalue weighted by Gasteiger charge is -2.25. The molecule has 1 heterocycles. The topological polar surface area (TPSA) is 96.3 Å². The van der Waals surface area contributed by atoms with Crippen LogP contribution in [0.15, 0.2) is 48.0 Å². The van der Waals surface area contributed by atoms with Gasteiger partial charge in [-0.15, -0.1) is 0 Å². The zero-order chi connectivity index (χ0) is 21.1. The van der Waals surface area contributed by atoms with E-state index >= 15 is 0 Å². The highest BCUT2D eigenvalue weighted by molar-refractivity contribution is 6.46. The summed E-state index contributed by atoms with van der Waals surface area (Å²) in [6.07, 6.45) is 0. The maximum absolute atomic E-state index is 12.8. The van der Waals surface area contributed by atoms with Crippen LogP contribution < -0.4 is 9.47 Å². The Hall–Kier alpha value is -3.32. The Balaban J connectivity index is 2.20. The normalized spacial score (nSPS) is 18.2. The molecular weight excluding hydrogens is 374 g/mol. The number of rotatable bonds is 6. The molecule has 1 atom stereocenters. The second kappa shape index (κ2) is 8.36. The summed E-state index contributed by atoms with van der Waals surface area (Å²) >= 11 is 0. The van der Waals surface area contributed by atoms with Gasteiger partial charge in [0.25, 0.3) is 11.7 Å². The minimum Gasteiger partial charge on any atom is -0.507 e. The van der Waals surface area contributed by atoms with Gasteiger partial charge in [-0.25, -0.2) is 0 Å². The van der Waals surface area contributed by atoms with Gasteiger partial charge in [-0.2, -0.15) is 0 Å². The molecule has 2 aromatic rings. The van der Waals surface area contributed by atoms with Crippen molar-refractivity contribution in [3.63, 3.8) is 0 Å². The molecule has 1 amide bonds. The molecule has 3 rings (SSSR count). The number of ether oxygens (including phenoxy) is 2. The molecule has 1 saturated heterocycles. The van der Waals surface area contributed by atoms with Crippen molar-refractivity contribution in [2.75, 3.05) is 27.4 Å². The molecular formula is C22H23NO6. The molecule has 1 aliphatic heterocycles. The Morgan fingerprint density at radius 1 is 1.03 bits per heavy atom. The Morgan fingerprint density at radius 2 is 1.69 bits per heavy atom. The lowest BCUT2D eigenvalue weighted by atomic mass is 9.94. The Morgan fingerprint density at radius 3 is 2.28 bits per heavy atom. The first-order chi connectivity index (χ1) is 13.9. The Bertz CT molecular complexity index is 964. The predicted octanol–water partition coefficient (Wildman–Crippen LogP) is 2.43. The number of aliphatic hydroxyl groups is 2. The molecule has 0 spiro atoms. The third kappa shape index (κ3) is 3.69. The highest BCUT2D eigenvalue weighted by atomic mass is 16.5. The summed E-state index contributed by atoms with van der Waals surface area (Å²) in [5, 5.41) is 20.3. The van der Waals surface area contributed by atoms with Gasteiger partial charge in [0.05, 0.1) is 32.4 Å². The number of carbonyl (C=O) groups is 2. The maximum Gasteiger partial charge on any atom is 0.295 e. The van der Waals surface area contributed by atoms with E-state index in [2.05, 4.69) is 0 Å². The molecule has 2 aromatic carbocycles. The first-order valence-corrected chi connectivity index (χ1v) is 9.11. The van der Waals surface area contributed by atoms with Crippen LogP contribution >= 0.6 is 0 Å². The van der Waals surface area contributed by atoms with Gasteiger partial charge >= 0.3 is 0 Å². The number of carbonyl (C=O) groups excluding carboxylic acids is 2. The molecule has 1 unspecified atom stereocenters. The molecule has 152 valence electrons. The number of hydrogen-bond donors (Lipinski definition) is 2. The standard InChI is InChI=1S/C22H23NO6/c1-13-4-6-14(7-5-13)20(25)18-19(23(10-11-24)22(27)21(18)26)15-8-9-16(28-2)17(12-15)29-3/h4-9,12,19,24-25H,10-11H2,1-3H3/b20-18+. The van der Waals surface area contributed by atoms with E-state index in [0.717, 1.165) is 5.56 Å². The molecule has 0 aromatic heterocycles. The van der Waals surface area contributed by atoms with Crippen LogP contribution in [0.5, 0.6) is 11.5 Å². The van der Waals surface area contributed by atoms with Crippen molar-refractivity contribution in [1.82, 2.24) is 4.90 Å². The van der Waals surface area contributed by atoms with E-state index < -0.39 is 17.7 Å². The second-order valence-electron chi connectivity index (χ2n) is 6.70. The minimum atomic E-state index is -0.858. The number of Topliss-reactive ketones (excluding diaryl/α,β-unsaturated/α-hetero) is 1. The molecule has 0 bridgehead atoms. The third-order valence-electron chi connectivity index (χ3n) is 4.93. The smallest absolute Gasteiger partial charge is 0.295 e. The van der Waals surface area contributed by atoms with E-state index in [1.54, 1.807) is 30.3 Å². The number of aliphatic hydroxyl groups excluding tert-OH is 2. The fourth-order valence-electron chi connectivity index (χ4n) is 3.45. The van der Waals surface area contributed by atoms with E-state index in [0.29, 0.717) is 22.6 Å². The number of hydrogen-bond acceptors (Lipinski definition) is 6. The first-order valence-electron chi connectivity index (χ1n) is 9.11. The second-order valence-corrected chi connectivity index (χ2v) is 6.70. The van der Waals surface area contributed by atoms with Gasteiger partial charge in [0.15, 0.2) is 11.5 Å². The number of methoxy groups -OCH3 is 2. The van der Waals surface area contributed by atoms with Crippen molar-refractivity contribution >= 4 is 17.4 Å². The van der Waals surface area contributed by atoms with E-state index in [-0.39, 0.29) is 24.5 Å². The van der Waals surface area contributed by atoms with Crippen LogP contribution in [0.2, 0.25) is 0 Å². The number of β-amino-alcohol motifs (C(OH)–C–C–N with tert-alkyl or cyclic N) is 1. The molecule has 1 aliphatic rings. The van der Waals surface area contributed by atoms with Gasteiger partial charge in [-0.3, -0.25) is 9.59 Å². The number of benzene rings is 2. The summed E-state index contributed by atoms with van der Waals surface area (Å²) in [4.78, 5) is 26.7. The van der Waals surface area contributed by atoms with Crippen LogP contribution in [0, 0.1) is 6.92 Å². The largest absolute Gasteiger partial charge is 0.507 e. The zero-order valence-electron chi connectivity index (χ0n) is 16.5. The summed E-state index contributed by atoms with van der Waals surface area (Å²) in [5.74, 6) is -0.906. The average Bonchev–Trinajstić information content (AvgIpc) is 2.98. The van der Waals surface area contributed by atoms with Gasteiger partial charge in [0, 0.05) is 12.1 Å². The van der Waals surface area contributed by atoms with Gasteiger partial charge in [0.1, 0.15) is 5.76 Å². The summed E-state index contributed by atoms with van der Waals surface area (Å²) in [7, 11) is 2.99. The molecule has 1 fully saturated rings. The summed E-state index contributed by atoms with van der Waals surface area (Å²) < 4.78 is 10.6. The van der Waals surface area contributed by atoms with Crippen LogP contribution in [0.1, 0.15) is 22.7 Å². The molecule has 7 heteroatoms. The number of aryl methyl sites for hydroxylation is 1. The van der Waals surface area contributed by atoms with Crippen LogP contribution in [0.4, 0.5) is 0 Å². The first kappa shape index (κ1) is 20.4. The van der Waals surface area contributed by atoms with Crippen molar-refractivity contribution in [2.45, 2.75) is 13.0 Å². The quantitative estimate of drug-likeness (QED) is 0.442. The number of likely N-dealkylation sites (tertiary alicyclic amines) is 1. The molecule has 7 nitrogen and oxygen atoms in total. The summed E-state index contributed by atoms with van der Waals surface area (Å²) in [6, 6.07) is 11.2. The van der Waals surface area contributed by atoms with Gasteiger partial charge < -0.3 is 24.6 Å². The Labute approximate surface area is 168 Å². The summed E-state index contributed by atoms with van der Waals surface area (Å²) in [6.45, 7) is 1.54. The average molecular weight is 397 g/mol. The molecule has 29 heavy (non-hydrogen) atoms. The highest BCUT2D eigenvalue weighted by Gasteiger charge is 2.46. The fraction of sp³-hybridized carbons (Fsp3) is 0.273. The van der Waals surface area contributed by atoms with Gasteiger partial charge in [0.2, 0.25) is 0 Å². The lowest BCUT2D eigenvalue weighted by Crippen LogP contribution is -2.32. The van der Waals surface area contributed by atoms with Crippen LogP contribution in [-0.2, 0) is 9.59 Å². The number of nitrogens with zero attached hydrogens (tertiary/aromatic N) is 1. The van der Waals surface area contributed by atoms with Crippen molar-refractivity contribution in [2.24, 2.45) is 0 Å². The zero-order valence-corrected chi connectivity index (χ0v) is 16.5. The molecule has 0 aliphatic carbocycles. The maximum atomic E-state index is 12.8. The van der Waals surface area contributed by atoms with Crippen molar-refractivity contribution in [3.05, 3.63) is 64.7 Å². The highest BCUT2D eigenvalue weighted by Crippen LogP contribution is 2.41. The minimum absolute atomic E-state index is 0.0282. The predicted molar refractivity (Wildman–Crippen MR) is 107 cm³/mol. The molecule has 0 saturated carbocycles. The van der Waals surface area contributed by atoms with E-state index in [4.69, 9.17) is 9.47 Å². The fourth-order valence-corrected chi connectivity index (χ4v) is 3.45. The van der Waals surface area contributed by atoms with Crippen molar-refractivity contribution in [3.8, 4) is 11.5 Å². The van der Waals surface area contributed by atoms with E-state index in [1.165, 1.54) is 19.1 Å². The molecule has 2 N–H and O–H groups in total.